The molecule has 1 fully saturated rings. The maximum Gasteiger partial charge on any atom is 0.213 e. The molecule has 0 aliphatic heterocycles. The fourth-order valence-corrected chi connectivity index (χ4v) is 3.19. The van der Waals surface area contributed by atoms with E-state index in [-0.39, 0.29) is 5.75 Å². The predicted octanol–water partition coefficient (Wildman–Crippen LogP) is 2.09. The second kappa shape index (κ2) is 5.30. The molecule has 1 aliphatic carbocycles. The van der Waals surface area contributed by atoms with Crippen molar-refractivity contribution in [1.29, 1.82) is 0 Å². The fraction of sp³-hybridized carbons (Fsp3) is 1.00. The van der Waals surface area contributed by atoms with Crippen molar-refractivity contribution >= 4 is 10.0 Å². The summed E-state index contributed by atoms with van der Waals surface area (Å²) in [5.41, 5.74) is 0. The van der Waals surface area contributed by atoms with Crippen molar-refractivity contribution in [2.75, 3.05) is 19.3 Å². The van der Waals surface area contributed by atoms with Gasteiger partial charge in [-0.3, -0.25) is 0 Å². The molecule has 15 heavy (non-hydrogen) atoms. The Kier molecular flexibility index (Phi) is 4.59. The summed E-state index contributed by atoms with van der Waals surface area (Å²) in [4.78, 5) is 0. The van der Waals surface area contributed by atoms with E-state index in [4.69, 9.17) is 0 Å². The van der Waals surface area contributed by atoms with Gasteiger partial charge in [-0.15, -0.1) is 0 Å². The van der Waals surface area contributed by atoms with Crippen LogP contribution in [0.15, 0.2) is 0 Å². The average Bonchev–Trinajstić information content (AvgIpc) is 2.21. The van der Waals surface area contributed by atoms with Crippen LogP contribution in [0.5, 0.6) is 0 Å². The number of sulfonamides is 1. The smallest absolute Gasteiger partial charge is 0.212 e. The Balaban J connectivity index is 2.53. The predicted molar refractivity (Wildman–Crippen MR) is 63.2 cm³/mol. The molecule has 1 saturated carbocycles. The monoisotopic (exact) mass is 233 g/mol. The summed E-state index contributed by atoms with van der Waals surface area (Å²) in [7, 11) is -1.28. The zero-order valence-electron chi connectivity index (χ0n) is 10.1. The van der Waals surface area contributed by atoms with Gasteiger partial charge in [0.05, 0.1) is 5.75 Å². The molecule has 2 atom stereocenters. The molecule has 0 amide bonds. The Bertz CT molecular complexity index is 287. The van der Waals surface area contributed by atoms with Crippen LogP contribution in [0.2, 0.25) is 0 Å². The van der Waals surface area contributed by atoms with Crippen molar-refractivity contribution in [1.82, 2.24) is 4.31 Å². The highest BCUT2D eigenvalue weighted by Gasteiger charge is 2.25. The normalized spacial score (nSPS) is 28.3. The summed E-state index contributed by atoms with van der Waals surface area (Å²) < 4.78 is 24.8. The molecule has 0 aromatic rings. The molecular weight excluding hydrogens is 210 g/mol. The lowest BCUT2D eigenvalue weighted by atomic mass is 9.80. The quantitative estimate of drug-likeness (QED) is 0.745. The largest absolute Gasteiger partial charge is 0.213 e. The standard InChI is InChI=1S/C11H23NO2S/c1-4-15(13,14)12(3)9-11-8-6-5-7-10(11)2/h10-11H,4-9H2,1-3H3. The van der Waals surface area contributed by atoms with E-state index >= 15 is 0 Å². The van der Waals surface area contributed by atoms with Crippen LogP contribution >= 0.6 is 0 Å². The van der Waals surface area contributed by atoms with Gasteiger partial charge in [0.15, 0.2) is 0 Å². The third-order valence-corrected chi connectivity index (χ3v) is 5.45. The number of hydrogen-bond acceptors (Lipinski definition) is 2. The molecule has 0 aromatic heterocycles. The summed E-state index contributed by atoms with van der Waals surface area (Å²) in [5.74, 6) is 1.45. The van der Waals surface area contributed by atoms with E-state index < -0.39 is 10.0 Å². The molecule has 0 N–H and O–H groups in total. The molecule has 2 unspecified atom stereocenters. The molecule has 1 aliphatic rings. The molecule has 0 aromatic carbocycles. The van der Waals surface area contributed by atoms with Gasteiger partial charge in [-0.05, 0) is 25.2 Å². The van der Waals surface area contributed by atoms with Crippen molar-refractivity contribution in [2.45, 2.75) is 39.5 Å². The summed E-state index contributed by atoms with van der Waals surface area (Å²) in [6, 6.07) is 0. The molecule has 4 heteroatoms. The van der Waals surface area contributed by atoms with Crippen LogP contribution < -0.4 is 0 Å². The van der Waals surface area contributed by atoms with E-state index in [0.717, 1.165) is 0 Å². The molecule has 90 valence electrons. The highest BCUT2D eigenvalue weighted by molar-refractivity contribution is 7.89. The van der Waals surface area contributed by atoms with Crippen molar-refractivity contribution in [3.8, 4) is 0 Å². The fourth-order valence-electron chi connectivity index (χ4n) is 2.33. The van der Waals surface area contributed by atoms with Crippen LogP contribution in [0.1, 0.15) is 39.5 Å². The zero-order chi connectivity index (χ0) is 11.5. The van der Waals surface area contributed by atoms with Crippen LogP contribution in [-0.2, 0) is 10.0 Å². The van der Waals surface area contributed by atoms with E-state index in [1.807, 2.05) is 0 Å². The Labute approximate surface area is 93.9 Å². The molecule has 3 nitrogen and oxygen atoms in total. The van der Waals surface area contributed by atoms with Crippen molar-refractivity contribution in [3.63, 3.8) is 0 Å². The van der Waals surface area contributed by atoms with Gasteiger partial charge in [0, 0.05) is 13.6 Å². The SMILES string of the molecule is CCS(=O)(=O)N(C)CC1CCCCC1C. The molecule has 0 saturated heterocycles. The summed E-state index contributed by atoms with van der Waals surface area (Å²) in [5, 5.41) is 0. The van der Waals surface area contributed by atoms with Crippen molar-refractivity contribution in [2.24, 2.45) is 11.8 Å². The Morgan fingerprint density at radius 3 is 2.40 bits per heavy atom. The number of hydrogen-bond donors (Lipinski definition) is 0. The number of nitrogens with zero attached hydrogens (tertiary/aromatic N) is 1. The molecule has 1 rings (SSSR count). The van der Waals surface area contributed by atoms with E-state index in [9.17, 15) is 8.42 Å². The first kappa shape index (κ1) is 13.0. The van der Waals surface area contributed by atoms with Crippen LogP contribution in [-0.4, -0.2) is 32.1 Å². The summed E-state index contributed by atoms with van der Waals surface area (Å²) in [6.07, 6.45) is 5.01. The van der Waals surface area contributed by atoms with Crippen LogP contribution in [0.3, 0.4) is 0 Å². The van der Waals surface area contributed by atoms with Gasteiger partial charge in [-0.2, -0.15) is 0 Å². The second-order valence-corrected chi connectivity index (χ2v) is 7.07. The maximum absolute atomic E-state index is 11.6. The molecule has 0 spiro atoms. The van der Waals surface area contributed by atoms with Crippen LogP contribution in [0, 0.1) is 11.8 Å². The van der Waals surface area contributed by atoms with E-state index in [1.54, 1.807) is 18.3 Å². The summed E-state index contributed by atoms with van der Waals surface area (Å²) >= 11 is 0. The van der Waals surface area contributed by atoms with E-state index in [2.05, 4.69) is 6.92 Å². The summed E-state index contributed by atoms with van der Waals surface area (Å²) in [6.45, 7) is 4.66. The molecule has 0 radical (unpaired) electrons. The average molecular weight is 233 g/mol. The second-order valence-electron chi connectivity index (χ2n) is 4.70. The van der Waals surface area contributed by atoms with Gasteiger partial charge < -0.3 is 0 Å². The number of rotatable bonds is 4. The van der Waals surface area contributed by atoms with Crippen LogP contribution in [0.25, 0.3) is 0 Å². The Morgan fingerprint density at radius 2 is 1.87 bits per heavy atom. The molecular formula is C11H23NO2S. The van der Waals surface area contributed by atoms with Crippen molar-refractivity contribution in [3.05, 3.63) is 0 Å². The third kappa shape index (κ3) is 3.45. The Hall–Kier alpha value is -0.0900. The first-order chi connectivity index (χ1) is 6.97. The van der Waals surface area contributed by atoms with Gasteiger partial charge in [-0.1, -0.05) is 26.2 Å². The lowest BCUT2D eigenvalue weighted by Crippen LogP contribution is -2.36. The van der Waals surface area contributed by atoms with Gasteiger partial charge in [0.25, 0.3) is 0 Å². The van der Waals surface area contributed by atoms with Gasteiger partial charge in [-0.25, -0.2) is 12.7 Å². The van der Waals surface area contributed by atoms with E-state index in [0.29, 0.717) is 18.4 Å². The van der Waals surface area contributed by atoms with Gasteiger partial charge in [0.2, 0.25) is 10.0 Å². The zero-order valence-corrected chi connectivity index (χ0v) is 10.9. The minimum absolute atomic E-state index is 0.213. The minimum atomic E-state index is -2.99. The first-order valence-corrected chi connectivity index (χ1v) is 7.52. The van der Waals surface area contributed by atoms with Crippen molar-refractivity contribution < 1.29 is 8.42 Å². The van der Waals surface area contributed by atoms with Gasteiger partial charge >= 0.3 is 0 Å². The first-order valence-electron chi connectivity index (χ1n) is 5.91. The third-order valence-electron chi connectivity index (χ3n) is 3.62. The maximum atomic E-state index is 11.6. The molecule has 0 heterocycles. The van der Waals surface area contributed by atoms with E-state index in [1.165, 1.54) is 25.7 Å². The highest BCUT2D eigenvalue weighted by Crippen LogP contribution is 2.30. The highest BCUT2D eigenvalue weighted by atomic mass is 32.2. The van der Waals surface area contributed by atoms with Crippen LogP contribution in [0.4, 0.5) is 0 Å². The minimum Gasteiger partial charge on any atom is -0.212 e. The lowest BCUT2D eigenvalue weighted by Gasteiger charge is -2.31. The van der Waals surface area contributed by atoms with Gasteiger partial charge in [0.1, 0.15) is 0 Å². The lowest BCUT2D eigenvalue weighted by molar-refractivity contribution is 0.222. The Morgan fingerprint density at radius 1 is 1.27 bits per heavy atom. The molecule has 0 bridgehead atoms. The topological polar surface area (TPSA) is 37.4 Å².